The van der Waals surface area contributed by atoms with Gasteiger partial charge in [0.1, 0.15) is 29.7 Å². The zero-order chi connectivity index (χ0) is 26.7. The van der Waals surface area contributed by atoms with E-state index < -0.39 is 24.1 Å². The second-order valence-electron chi connectivity index (χ2n) is 10.3. The van der Waals surface area contributed by atoms with Crippen LogP contribution >= 0.6 is 0 Å². The lowest BCUT2D eigenvalue weighted by atomic mass is 9.75. The summed E-state index contributed by atoms with van der Waals surface area (Å²) >= 11 is 0. The highest BCUT2D eigenvalue weighted by atomic mass is 19.4. The van der Waals surface area contributed by atoms with Crippen molar-refractivity contribution >= 4 is 10.9 Å². The summed E-state index contributed by atoms with van der Waals surface area (Å²) in [6.45, 7) is 3.38. The lowest BCUT2D eigenvalue weighted by molar-refractivity contribution is -0.141. The van der Waals surface area contributed by atoms with Gasteiger partial charge in [0.15, 0.2) is 0 Å². The fraction of sp³-hybridized carbons (Fsp3) is 0.462. The molecule has 0 amide bonds. The van der Waals surface area contributed by atoms with Crippen molar-refractivity contribution < 1.29 is 22.3 Å². The molecule has 2 fully saturated rings. The van der Waals surface area contributed by atoms with Crippen LogP contribution in [0.15, 0.2) is 36.7 Å². The number of likely N-dealkylation sites (tertiary alicyclic amines) is 1. The average molecular weight is 530 g/mol. The monoisotopic (exact) mass is 529 g/mol. The van der Waals surface area contributed by atoms with Gasteiger partial charge >= 0.3 is 6.18 Å². The molecule has 0 radical (unpaired) electrons. The summed E-state index contributed by atoms with van der Waals surface area (Å²) in [6, 6.07) is 8.19. The maximum atomic E-state index is 13.9. The molecule has 1 aromatic carbocycles. The fourth-order valence-corrected chi connectivity index (χ4v) is 5.46. The minimum absolute atomic E-state index is 0.166. The Morgan fingerprint density at radius 2 is 2.05 bits per heavy atom. The first-order valence-corrected chi connectivity index (χ1v) is 12.5. The predicted molar refractivity (Wildman–Crippen MR) is 131 cm³/mol. The highest BCUT2D eigenvalue weighted by molar-refractivity contribution is 5.94. The minimum Gasteiger partial charge on any atom is -0.379 e. The maximum Gasteiger partial charge on any atom is 0.433 e. The van der Waals surface area contributed by atoms with Crippen molar-refractivity contribution in [2.24, 2.45) is 7.05 Å². The summed E-state index contributed by atoms with van der Waals surface area (Å²) in [5.41, 5.74) is 1.40. The van der Waals surface area contributed by atoms with Crippen LogP contribution in [0.25, 0.3) is 22.2 Å². The first-order chi connectivity index (χ1) is 18.1. The number of pyridine rings is 1. The van der Waals surface area contributed by atoms with E-state index in [1.807, 2.05) is 40.8 Å². The van der Waals surface area contributed by atoms with Gasteiger partial charge < -0.3 is 9.30 Å². The molecule has 1 N–H and O–H groups in total. The topological polar surface area (TPSA) is 84.7 Å². The van der Waals surface area contributed by atoms with Crippen LogP contribution in [0.3, 0.4) is 0 Å². The molecule has 2 atom stereocenters. The molecule has 2 aliphatic heterocycles. The van der Waals surface area contributed by atoms with Crippen molar-refractivity contribution in [1.29, 1.82) is 0 Å². The third-order valence-corrected chi connectivity index (χ3v) is 7.78. The molecule has 4 aromatic rings. The third-order valence-electron chi connectivity index (χ3n) is 7.78. The normalized spacial score (nSPS) is 20.6. The molecule has 0 aliphatic carbocycles. The second kappa shape index (κ2) is 9.12. The van der Waals surface area contributed by atoms with Crippen molar-refractivity contribution in [3.8, 4) is 11.3 Å². The molecule has 200 valence electrons. The Balaban J connectivity index is 1.43. The van der Waals surface area contributed by atoms with Crippen LogP contribution < -0.4 is 0 Å². The first-order valence-electron chi connectivity index (χ1n) is 12.5. The number of hydrogen-bond acceptors (Lipinski definition) is 6. The van der Waals surface area contributed by atoms with Crippen molar-refractivity contribution in [2.45, 2.75) is 43.6 Å². The molecule has 3 aromatic heterocycles. The predicted octanol–water partition coefficient (Wildman–Crippen LogP) is 4.39. The van der Waals surface area contributed by atoms with Gasteiger partial charge in [0.2, 0.25) is 0 Å². The molecule has 12 heteroatoms. The molecular formula is C26H27F4N7O. The van der Waals surface area contributed by atoms with Crippen molar-refractivity contribution in [2.75, 3.05) is 26.3 Å². The standard InChI is InChI=1S/C26H27F4N7O/c1-15(37-7-6-18(27)11-37)22-24-19(9-20(32-22)26(28,29)30)23(34-35-24)16-4-3-5-17(8-16)25(12-38-13-25)10-21-33-31-14-36(21)2/h3-5,8-9,14-15,18H,6-7,10-13H2,1-2H3,(H,34,35)/t15-,18-/m1/s1. The SMILES string of the molecule is C[C@H](c1nc(C(F)(F)F)cc2c(-c3cccc(C4(Cc5nncn5C)COC4)c3)n[nH]c12)N1CC[C@@H](F)C1. The molecule has 2 aliphatic rings. The van der Waals surface area contributed by atoms with Gasteiger partial charge in [0, 0.05) is 42.9 Å². The van der Waals surface area contributed by atoms with E-state index in [9.17, 15) is 17.6 Å². The number of nitrogens with zero attached hydrogens (tertiary/aromatic N) is 6. The number of ether oxygens (including phenoxy) is 1. The lowest BCUT2D eigenvalue weighted by Crippen LogP contribution is -2.49. The zero-order valence-electron chi connectivity index (χ0n) is 21.0. The van der Waals surface area contributed by atoms with Crippen molar-refractivity contribution in [3.05, 3.63) is 59.4 Å². The number of benzene rings is 1. The van der Waals surface area contributed by atoms with Gasteiger partial charge in [-0.25, -0.2) is 9.37 Å². The molecule has 38 heavy (non-hydrogen) atoms. The first kappa shape index (κ1) is 24.9. The molecule has 0 bridgehead atoms. The van der Waals surface area contributed by atoms with E-state index >= 15 is 0 Å². The van der Waals surface area contributed by atoms with Gasteiger partial charge in [-0.2, -0.15) is 18.3 Å². The summed E-state index contributed by atoms with van der Waals surface area (Å²) < 4.78 is 63.1. The van der Waals surface area contributed by atoms with Gasteiger partial charge in [-0.1, -0.05) is 18.2 Å². The molecule has 0 spiro atoms. The highest BCUT2D eigenvalue weighted by Crippen LogP contribution is 2.40. The van der Waals surface area contributed by atoms with Crippen LogP contribution in [0.2, 0.25) is 0 Å². The largest absolute Gasteiger partial charge is 0.433 e. The van der Waals surface area contributed by atoms with E-state index in [0.29, 0.717) is 54.8 Å². The molecule has 6 rings (SSSR count). The van der Waals surface area contributed by atoms with Crippen LogP contribution in [0.1, 0.15) is 42.2 Å². The number of nitrogens with one attached hydrogen (secondary N) is 1. The van der Waals surface area contributed by atoms with E-state index in [1.165, 1.54) is 0 Å². The zero-order valence-corrected chi connectivity index (χ0v) is 21.0. The van der Waals surface area contributed by atoms with Crippen LogP contribution in [-0.2, 0) is 29.8 Å². The smallest absolute Gasteiger partial charge is 0.379 e. The molecular weight excluding hydrogens is 502 g/mol. The van der Waals surface area contributed by atoms with Crippen LogP contribution in [-0.4, -0.2) is 67.3 Å². The highest BCUT2D eigenvalue weighted by Gasteiger charge is 2.42. The number of aromatic amines is 1. The summed E-state index contributed by atoms with van der Waals surface area (Å²) in [5, 5.41) is 15.9. The van der Waals surface area contributed by atoms with E-state index in [-0.39, 0.29) is 17.7 Å². The molecule has 8 nitrogen and oxygen atoms in total. The number of halogens is 4. The number of fused-ring (bicyclic) bond motifs is 1. The van der Waals surface area contributed by atoms with Crippen molar-refractivity contribution in [3.63, 3.8) is 0 Å². The second-order valence-corrected chi connectivity index (χ2v) is 10.3. The number of alkyl halides is 4. The Bertz CT molecular complexity index is 1480. The Labute approximate surface area is 216 Å². The van der Waals surface area contributed by atoms with E-state index in [2.05, 4.69) is 25.4 Å². The molecule has 5 heterocycles. The fourth-order valence-electron chi connectivity index (χ4n) is 5.46. The average Bonchev–Trinajstić information content (AvgIpc) is 3.59. The van der Waals surface area contributed by atoms with Crippen LogP contribution in [0.4, 0.5) is 17.6 Å². The molecule has 2 saturated heterocycles. The number of aromatic nitrogens is 6. The van der Waals surface area contributed by atoms with Gasteiger partial charge in [-0.3, -0.25) is 10.00 Å². The minimum atomic E-state index is -4.64. The number of aryl methyl sites for hydroxylation is 1. The Kier molecular flexibility index (Phi) is 5.98. The van der Waals surface area contributed by atoms with Crippen molar-refractivity contribution in [1.82, 2.24) is 34.8 Å². The maximum absolute atomic E-state index is 13.9. The van der Waals surface area contributed by atoms with Gasteiger partial charge in [0.25, 0.3) is 0 Å². The Morgan fingerprint density at radius 1 is 1.24 bits per heavy atom. The molecule has 0 unspecified atom stereocenters. The van der Waals surface area contributed by atoms with Gasteiger partial charge in [-0.15, -0.1) is 10.2 Å². The van der Waals surface area contributed by atoms with Crippen LogP contribution in [0.5, 0.6) is 0 Å². The lowest BCUT2D eigenvalue weighted by Gasteiger charge is -2.41. The number of hydrogen-bond donors (Lipinski definition) is 1. The van der Waals surface area contributed by atoms with E-state index in [4.69, 9.17) is 4.74 Å². The third kappa shape index (κ3) is 4.25. The summed E-state index contributed by atoms with van der Waals surface area (Å²) in [4.78, 5) is 5.81. The van der Waals surface area contributed by atoms with Gasteiger partial charge in [-0.05, 0) is 31.0 Å². The summed E-state index contributed by atoms with van der Waals surface area (Å²) in [7, 11) is 1.88. The molecule has 0 saturated carbocycles. The van der Waals surface area contributed by atoms with Crippen LogP contribution in [0, 0.1) is 0 Å². The van der Waals surface area contributed by atoms with E-state index in [0.717, 1.165) is 17.5 Å². The summed E-state index contributed by atoms with van der Waals surface area (Å²) in [5.74, 6) is 0.820. The number of rotatable bonds is 6. The van der Waals surface area contributed by atoms with E-state index in [1.54, 1.807) is 13.3 Å². The quantitative estimate of drug-likeness (QED) is 0.373. The summed E-state index contributed by atoms with van der Waals surface area (Å²) in [6.07, 6.45) is -3.02. The Morgan fingerprint density at radius 3 is 2.68 bits per heavy atom. The number of H-pyrrole nitrogens is 1. The van der Waals surface area contributed by atoms with Gasteiger partial charge in [0.05, 0.1) is 30.5 Å². The Hall–Kier alpha value is -3.38.